The van der Waals surface area contributed by atoms with Crippen LogP contribution in [0.1, 0.15) is 46.3 Å². The largest absolute Gasteiger partial charge is 0.507 e. The van der Waals surface area contributed by atoms with Crippen LogP contribution in [0.2, 0.25) is 0 Å². The molecule has 2 aliphatic rings. The Bertz CT molecular complexity index is 1640. The van der Waals surface area contributed by atoms with Crippen molar-refractivity contribution in [3.05, 3.63) is 106 Å². The lowest BCUT2D eigenvalue weighted by atomic mass is 9.94. The Morgan fingerprint density at radius 2 is 1.73 bits per heavy atom. The quantitative estimate of drug-likeness (QED) is 0.0945. The molecule has 3 heterocycles. The summed E-state index contributed by atoms with van der Waals surface area (Å²) in [5.74, 6) is -0.236. The normalized spacial score (nSPS) is 19.6. The highest BCUT2D eigenvalue weighted by atomic mass is 32.2. The number of thioether (sulfide) groups is 1. The summed E-state index contributed by atoms with van der Waals surface area (Å²) in [5.41, 5.74) is 5.55. The number of aromatic nitrogens is 2. The van der Waals surface area contributed by atoms with Gasteiger partial charge in [-0.3, -0.25) is 14.5 Å². The van der Waals surface area contributed by atoms with Gasteiger partial charge in [-0.2, -0.15) is 0 Å². The number of rotatable bonds is 6. The van der Waals surface area contributed by atoms with E-state index < -0.39 is 17.7 Å². The van der Waals surface area contributed by atoms with Crippen molar-refractivity contribution in [1.82, 2.24) is 10.2 Å². The van der Waals surface area contributed by atoms with E-state index >= 15 is 0 Å². The minimum absolute atomic E-state index is 0.0322. The van der Waals surface area contributed by atoms with Crippen LogP contribution in [0.25, 0.3) is 5.76 Å². The Hall–Kier alpha value is -3.95. The first-order valence-corrected chi connectivity index (χ1v) is 14.8. The number of anilines is 1. The molecule has 6 rings (SSSR count). The van der Waals surface area contributed by atoms with Gasteiger partial charge >= 0.3 is 5.91 Å². The number of Topliss-reactive ketones (excluding diaryl/α,β-unsaturated/α-hetero) is 1. The fourth-order valence-electron chi connectivity index (χ4n) is 5.01. The van der Waals surface area contributed by atoms with Gasteiger partial charge in [-0.05, 0) is 55.7 Å². The minimum Gasteiger partial charge on any atom is -0.507 e. The van der Waals surface area contributed by atoms with Crippen molar-refractivity contribution in [3.63, 3.8) is 0 Å². The zero-order chi connectivity index (χ0) is 28.0. The summed E-state index contributed by atoms with van der Waals surface area (Å²) in [7, 11) is 0. The number of nitrogens with zero attached hydrogens (tertiary/aromatic N) is 3. The lowest BCUT2D eigenvalue weighted by Gasteiger charge is -2.22. The third kappa shape index (κ3) is 4.91. The molecule has 1 amide bonds. The zero-order valence-corrected chi connectivity index (χ0v) is 23.9. The van der Waals surface area contributed by atoms with Gasteiger partial charge in [0.1, 0.15) is 17.6 Å². The maximum absolute atomic E-state index is 13.5. The Morgan fingerprint density at radius 1 is 1.02 bits per heavy atom. The molecule has 0 radical (unpaired) electrons. The summed E-state index contributed by atoms with van der Waals surface area (Å²) in [6.45, 7) is 6.00. The molecule has 2 unspecified atom stereocenters. The van der Waals surface area contributed by atoms with E-state index in [0.29, 0.717) is 32.8 Å². The van der Waals surface area contributed by atoms with Crippen LogP contribution in [-0.2, 0) is 21.8 Å². The van der Waals surface area contributed by atoms with E-state index in [1.165, 1.54) is 33.6 Å². The SMILES string of the molecule is Cc1ccc(CSc2nnc(N3C(=O)C(=O)/C(=C(/O)c4ccc5c(c4)CC(C)O5)C3c3ccc(C)cc3)s2)cc1. The number of carbonyl (C=O) groups is 2. The van der Waals surface area contributed by atoms with Crippen LogP contribution in [0.5, 0.6) is 5.75 Å². The highest BCUT2D eigenvalue weighted by molar-refractivity contribution is 8.00. The summed E-state index contributed by atoms with van der Waals surface area (Å²) in [5, 5.41) is 20.4. The van der Waals surface area contributed by atoms with Crippen molar-refractivity contribution in [2.24, 2.45) is 0 Å². The van der Waals surface area contributed by atoms with E-state index in [0.717, 1.165) is 22.4 Å². The molecular formula is C31H27N3O4S2. The Labute approximate surface area is 240 Å². The molecule has 7 nitrogen and oxygen atoms in total. The molecule has 3 aromatic carbocycles. The number of aliphatic hydroxyl groups excluding tert-OH is 1. The van der Waals surface area contributed by atoms with Gasteiger partial charge in [0.05, 0.1) is 11.6 Å². The molecular weight excluding hydrogens is 542 g/mol. The van der Waals surface area contributed by atoms with Gasteiger partial charge in [0.15, 0.2) is 4.34 Å². The van der Waals surface area contributed by atoms with Gasteiger partial charge < -0.3 is 9.84 Å². The summed E-state index contributed by atoms with van der Waals surface area (Å²) in [6, 6.07) is 20.4. The number of benzene rings is 3. The second-order valence-electron chi connectivity index (χ2n) is 10.2. The maximum Gasteiger partial charge on any atom is 0.301 e. The van der Waals surface area contributed by atoms with Crippen LogP contribution in [-0.4, -0.2) is 33.1 Å². The first-order valence-electron chi connectivity index (χ1n) is 13.0. The van der Waals surface area contributed by atoms with Crippen LogP contribution in [0, 0.1) is 13.8 Å². The van der Waals surface area contributed by atoms with Gasteiger partial charge in [-0.25, -0.2) is 0 Å². The fourth-order valence-corrected chi connectivity index (χ4v) is 6.83. The van der Waals surface area contributed by atoms with Crippen molar-refractivity contribution < 1.29 is 19.4 Å². The molecule has 1 N–H and O–H groups in total. The number of hydrogen-bond acceptors (Lipinski definition) is 8. The highest BCUT2D eigenvalue weighted by Crippen LogP contribution is 2.44. The predicted molar refractivity (Wildman–Crippen MR) is 157 cm³/mol. The summed E-state index contributed by atoms with van der Waals surface area (Å²) in [4.78, 5) is 28.4. The molecule has 1 aromatic heterocycles. The third-order valence-corrected chi connectivity index (χ3v) is 9.22. The Morgan fingerprint density at radius 3 is 2.45 bits per heavy atom. The molecule has 0 saturated carbocycles. The second kappa shape index (κ2) is 10.6. The van der Waals surface area contributed by atoms with Gasteiger partial charge in [-0.1, -0.05) is 82.8 Å². The zero-order valence-electron chi connectivity index (χ0n) is 22.2. The van der Waals surface area contributed by atoms with Crippen molar-refractivity contribution in [3.8, 4) is 5.75 Å². The number of aliphatic hydroxyl groups is 1. The van der Waals surface area contributed by atoms with Crippen LogP contribution < -0.4 is 9.64 Å². The molecule has 0 spiro atoms. The average molecular weight is 570 g/mol. The number of amides is 1. The molecule has 2 aliphatic heterocycles. The van der Waals surface area contributed by atoms with Crippen LogP contribution >= 0.6 is 23.1 Å². The van der Waals surface area contributed by atoms with Gasteiger partial charge in [0.2, 0.25) is 5.13 Å². The maximum atomic E-state index is 13.5. The number of aryl methyl sites for hydroxylation is 2. The van der Waals surface area contributed by atoms with E-state index in [-0.39, 0.29) is 17.4 Å². The monoisotopic (exact) mass is 569 g/mol. The van der Waals surface area contributed by atoms with Gasteiger partial charge in [-0.15, -0.1) is 10.2 Å². The second-order valence-corrected chi connectivity index (χ2v) is 12.3. The fraction of sp³-hybridized carbons (Fsp3) is 0.226. The molecule has 202 valence electrons. The number of ketones is 1. The first-order chi connectivity index (χ1) is 19.3. The standard InChI is InChI=1S/C31H27N3O4S2/c1-17-4-8-20(9-5-17)16-39-31-33-32-30(40-31)34-26(21-10-6-18(2)7-11-21)25(28(36)29(34)37)27(35)22-12-13-24-23(15-22)14-19(3)38-24/h4-13,15,19,26,35H,14,16H2,1-3H3/b27-25+. The number of ether oxygens (including phenoxy) is 1. The van der Waals surface area contributed by atoms with E-state index in [9.17, 15) is 14.7 Å². The van der Waals surface area contributed by atoms with Crippen LogP contribution in [0.4, 0.5) is 5.13 Å². The molecule has 0 aliphatic carbocycles. The lowest BCUT2D eigenvalue weighted by molar-refractivity contribution is -0.132. The number of carbonyl (C=O) groups excluding carboxylic acids is 2. The molecule has 0 bridgehead atoms. The highest BCUT2D eigenvalue weighted by Gasteiger charge is 2.48. The van der Waals surface area contributed by atoms with E-state index in [1.54, 1.807) is 12.1 Å². The smallest absolute Gasteiger partial charge is 0.301 e. The molecule has 1 fully saturated rings. The predicted octanol–water partition coefficient (Wildman–Crippen LogP) is 6.40. The van der Waals surface area contributed by atoms with Crippen molar-refractivity contribution >= 4 is 45.7 Å². The average Bonchev–Trinajstić information content (AvgIpc) is 3.63. The summed E-state index contributed by atoms with van der Waals surface area (Å²) < 4.78 is 6.48. The molecule has 40 heavy (non-hydrogen) atoms. The van der Waals surface area contributed by atoms with E-state index in [1.807, 2.05) is 51.1 Å². The molecule has 1 saturated heterocycles. The van der Waals surface area contributed by atoms with E-state index in [4.69, 9.17) is 4.74 Å². The Balaban J connectivity index is 1.38. The summed E-state index contributed by atoms with van der Waals surface area (Å²) >= 11 is 2.78. The third-order valence-electron chi connectivity index (χ3n) is 7.09. The van der Waals surface area contributed by atoms with Gasteiger partial charge in [0, 0.05) is 17.7 Å². The number of hydrogen-bond donors (Lipinski definition) is 1. The van der Waals surface area contributed by atoms with Crippen molar-refractivity contribution in [1.29, 1.82) is 0 Å². The topological polar surface area (TPSA) is 92.6 Å². The minimum atomic E-state index is -0.841. The molecule has 9 heteroatoms. The molecule has 2 atom stereocenters. The first kappa shape index (κ1) is 26.3. The summed E-state index contributed by atoms with van der Waals surface area (Å²) in [6.07, 6.45) is 0.751. The van der Waals surface area contributed by atoms with E-state index in [2.05, 4.69) is 34.5 Å². The van der Waals surface area contributed by atoms with Gasteiger partial charge in [0.25, 0.3) is 5.78 Å². The van der Waals surface area contributed by atoms with Crippen LogP contribution in [0.15, 0.2) is 76.6 Å². The Kier molecular flexibility index (Phi) is 6.93. The van der Waals surface area contributed by atoms with Crippen molar-refractivity contribution in [2.75, 3.05) is 4.90 Å². The lowest BCUT2D eigenvalue weighted by Crippen LogP contribution is -2.29. The molecule has 4 aromatic rings. The van der Waals surface area contributed by atoms with Crippen LogP contribution in [0.3, 0.4) is 0 Å². The number of fused-ring (bicyclic) bond motifs is 1. The van der Waals surface area contributed by atoms with Crippen molar-refractivity contribution in [2.45, 2.75) is 49.4 Å².